The van der Waals surface area contributed by atoms with Crippen LogP contribution < -0.4 is 0 Å². The number of hydrogen-bond acceptors (Lipinski definition) is 4. The lowest BCUT2D eigenvalue weighted by Gasteiger charge is -2.16. The fraction of sp³-hybridized carbons (Fsp3) is 0.227. The third-order valence-corrected chi connectivity index (χ3v) is 5.09. The summed E-state index contributed by atoms with van der Waals surface area (Å²) in [6, 6.07) is 15.5. The number of aryl methyl sites for hydroxylation is 1. The predicted molar refractivity (Wildman–Crippen MR) is 113 cm³/mol. The topological polar surface area (TPSA) is 75.0 Å². The maximum atomic E-state index is 12.4. The lowest BCUT2D eigenvalue weighted by molar-refractivity contribution is -0.129. The van der Waals surface area contributed by atoms with E-state index in [2.05, 4.69) is 15.1 Å². The summed E-state index contributed by atoms with van der Waals surface area (Å²) >= 11 is 6.03. The van der Waals surface area contributed by atoms with Crippen LogP contribution in [0.4, 0.5) is 0 Å². The summed E-state index contributed by atoms with van der Waals surface area (Å²) in [5, 5.41) is 5.69. The molecule has 4 rings (SSSR count). The van der Waals surface area contributed by atoms with E-state index in [9.17, 15) is 4.79 Å². The molecule has 7 heteroatoms. The molecule has 29 heavy (non-hydrogen) atoms. The van der Waals surface area contributed by atoms with Crippen molar-refractivity contribution in [2.24, 2.45) is 0 Å². The minimum absolute atomic E-state index is 0.0602. The van der Waals surface area contributed by atoms with Crippen LogP contribution >= 0.6 is 11.6 Å². The molecule has 0 bridgehead atoms. The lowest BCUT2D eigenvalue weighted by Crippen LogP contribution is -2.30. The first-order valence-electron chi connectivity index (χ1n) is 9.39. The molecule has 148 valence electrons. The van der Waals surface area contributed by atoms with Gasteiger partial charge in [0, 0.05) is 35.9 Å². The van der Waals surface area contributed by atoms with Gasteiger partial charge in [0.1, 0.15) is 5.69 Å². The van der Waals surface area contributed by atoms with Gasteiger partial charge in [0.05, 0.1) is 6.42 Å². The molecule has 0 aliphatic heterocycles. The summed E-state index contributed by atoms with van der Waals surface area (Å²) in [5.41, 5.74) is 3.88. The average Bonchev–Trinajstić information content (AvgIpc) is 3.34. The smallest absolute Gasteiger partial charge is 0.274 e. The van der Waals surface area contributed by atoms with E-state index < -0.39 is 0 Å². The molecule has 0 unspecified atom stereocenters. The van der Waals surface area contributed by atoms with Gasteiger partial charge < -0.3 is 14.4 Å². The Morgan fingerprint density at radius 1 is 1.17 bits per heavy atom. The highest BCUT2D eigenvalue weighted by Crippen LogP contribution is 2.25. The van der Waals surface area contributed by atoms with E-state index in [0.29, 0.717) is 36.1 Å². The number of fused-ring (bicyclic) bond motifs is 1. The van der Waals surface area contributed by atoms with Crippen molar-refractivity contribution in [1.29, 1.82) is 0 Å². The van der Waals surface area contributed by atoms with Crippen molar-refractivity contribution >= 4 is 28.4 Å². The normalized spacial score (nSPS) is 11.1. The molecule has 0 saturated carbocycles. The number of rotatable bonds is 6. The number of amides is 1. The van der Waals surface area contributed by atoms with E-state index in [0.717, 1.165) is 22.2 Å². The third-order valence-electron chi connectivity index (χ3n) is 4.85. The van der Waals surface area contributed by atoms with Gasteiger partial charge in [-0.1, -0.05) is 46.6 Å². The van der Waals surface area contributed by atoms with Crippen LogP contribution in [0.2, 0.25) is 5.02 Å². The first-order chi connectivity index (χ1) is 14.0. The third kappa shape index (κ3) is 4.49. The number of aromatic nitrogens is 3. The predicted octanol–water partition coefficient (Wildman–Crippen LogP) is 4.42. The molecule has 0 spiro atoms. The van der Waals surface area contributed by atoms with E-state index in [1.54, 1.807) is 11.9 Å². The van der Waals surface area contributed by atoms with Gasteiger partial charge in [-0.15, -0.1) is 0 Å². The number of nitrogens with zero attached hydrogens (tertiary/aromatic N) is 3. The Labute approximate surface area is 173 Å². The molecular weight excluding hydrogens is 388 g/mol. The minimum atomic E-state index is 0.0602. The first kappa shape index (κ1) is 19.2. The SMILES string of the molecule is Cc1ccc(CC(=O)N(C)CCc2noc(-c3cc4cc(Cl)ccc4[nH]3)n2)cc1. The zero-order valence-electron chi connectivity index (χ0n) is 16.3. The number of H-pyrrole nitrogens is 1. The highest BCUT2D eigenvalue weighted by atomic mass is 35.5. The van der Waals surface area contributed by atoms with Crippen molar-refractivity contribution in [3.05, 3.63) is 70.5 Å². The van der Waals surface area contributed by atoms with Crippen molar-refractivity contribution in [2.45, 2.75) is 19.8 Å². The van der Waals surface area contributed by atoms with E-state index >= 15 is 0 Å². The summed E-state index contributed by atoms with van der Waals surface area (Å²) < 4.78 is 5.38. The number of benzene rings is 2. The van der Waals surface area contributed by atoms with Gasteiger partial charge in [-0.2, -0.15) is 4.98 Å². The van der Waals surface area contributed by atoms with Gasteiger partial charge in [-0.05, 0) is 36.8 Å². The van der Waals surface area contributed by atoms with E-state index in [-0.39, 0.29) is 5.91 Å². The molecule has 1 amide bonds. The van der Waals surface area contributed by atoms with E-state index in [1.807, 2.05) is 55.5 Å². The second kappa shape index (κ2) is 8.09. The molecule has 0 saturated heterocycles. The Hall–Kier alpha value is -3.12. The van der Waals surface area contributed by atoms with E-state index in [1.165, 1.54) is 5.56 Å². The second-order valence-corrected chi connectivity index (χ2v) is 7.59. The quantitative estimate of drug-likeness (QED) is 0.512. The zero-order valence-corrected chi connectivity index (χ0v) is 17.0. The lowest BCUT2D eigenvalue weighted by atomic mass is 10.1. The number of carbonyl (C=O) groups excluding carboxylic acids is 1. The van der Waals surface area contributed by atoms with Crippen LogP contribution in [0.3, 0.4) is 0 Å². The first-order valence-corrected chi connectivity index (χ1v) is 9.76. The summed E-state index contributed by atoms with van der Waals surface area (Å²) in [5.74, 6) is 1.04. The summed E-state index contributed by atoms with van der Waals surface area (Å²) in [7, 11) is 1.79. The van der Waals surface area contributed by atoms with Crippen molar-refractivity contribution in [2.75, 3.05) is 13.6 Å². The molecule has 6 nitrogen and oxygen atoms in total. The Kier molecular flexibility index (Phi) is 5.36. The summed E-state index contributed by atoms with van der Waals surface area (Å²) in [6.45, 7) is 2.55. The molecule has 1 N–H and O–H groups in total. The van der Waals surface area contributed by atoms with Crippen molar-refractivity contribution in [3.8, 4) is 11.6 Å². The van der Waals surface area contributed by atoms with Gasteiger partial charge in [0.15, 0.2) is 5.82 Å². The fourth-order valence-corrected chi connectivity index (χ4v) is 3.27. The van der Waals surface area contributed by atoms with Gasteiger partial charge in [-0.25, -0.2) is 0 Å². The highest BCUT2D eigenvalue weighted by Gasteiger charge is 2.14. The van der Waals surface area contributed by atoms with Gasteiger partial charge in [0.2, 0.25) is 5.91 Å². The van der Waals surface area contributed by atoms with Crippen molar-refractivity contribution < 1.29 is 9.32 Å². The molecule has 4 aromatic rings. The molecule has 2 heterocycles. The molecule has 0 atom stereocenters. The molecule has 0 aliphatic rings. The molecule has 0 radical (unpaired) electrons. The average molecular weight is 409 g/mol. The molecule has 0 aliphatic carbocycles. The summed E-state index contributed by atoms with van der Waals surface area (Å²) in [4.78, 5) is 21.8. The molecule has 2 aromatic carbocycles. The van der Waals surface area contributed by atoms with Gasteiger partial charge in [0.25, 0.3) is 5.89 Å². The second-order valence-electron chi connectivity index (χ2n) is 7.16. The van der Waals surface area contributed by atoms with Crippen LogP contribution in [0.1, 0.15) is 17.0 Å². The largest absolute Gasteiger partial charge is 0.351 e. The minimum Gasteiger partial charge on any atom is -0.351 e. The van der Waals surface area contributed by atoms with Crippen molar-refractivity contribution in [3.63, 3.8) is 0 Å². The maximum Gasteiger partial charge on any atom is 0.274 e. The Morgan fingerprint density at radius 2 is 1.97 bits per heavy atom. The maximum absolute atomic E-state index is 12.4. The fourth-order valence-electron chi connectivity index (χ4n) is 3.09. The number of halogens is 1. The Balaban J connectivity index is 1.37. The molecule has 0 fully saturated rings. The van der Waals surface area contributed by atoms with Crippen LogP contribution in [0, 0.1) is 6.92 Å². The number of carbonyl (C=O) groups is 1. The van der Waals surface area contributed by atoms with Crippen LogP contribution in [0.25, 0.3) is 22.5 Å². The van der Waals surface area contributed by atoms with Crippen molar-refractivity contribution in [1.82, 2.24) is 20.0 Å². The Bertz CT molecular complexity index is 1150. The van der Waals surface area contributed by atoms with Gasteiger partial charge in [-0.3, -0.25) is 4.79 Å². The Morgan fingerprint density at radius 3 is 2.76 bits per heavy atom. The molecular formula is C22H21ClN4O2. The monoisotopic (exact) mass is 408 g/mol. The van der Waals surface area contributed by atoms with Gasteiger partial charge >= 0.3 is 0 Å². The number of nitrogens with one attached hydrogen (secondary N) is 1. The number of hydrogen-bond donors (Lipinski definition) is 1. The van der Waals surface area contributed by atoms with Crippen LogP contribution in [-0.2, 0) is 17.6 Å². The van der Waals surface area contributed by atoms with Crippen LogP contribution in [0.5, 0.6) is 0 Å². The molecule has 2 aromatic heterocycles. The van der Waals surface area contributed by atoms with Crippen LogP contribution in [-0.4, -0.2) is 39.5 Å². The van der Waals surface area contributed by atoms with Crippen LogP contribution in [0.15, 0.2) is 53.1 Å². The standard InChI is InChI=1S/C22H21ClN4O2/c1-14-3-5-15(6-4-14)11-21(28)27(2)10-9-20-25-22(29-26-20)19-13-16-12-17(23)7-8-18(16)24-19/h3-8,12-13,24H,9-11H2,1-2H3. The number of aromatic amines is 1. The van der Waals surface area contributed by atoms with E-state index in [4.69, 9.17) is 16.1 Å². The summed E-state index contributed by atoms with van der Waals surface area (Å²) in [6.07, 6.45) is 0.900. The zero-order chi connectivity index (χ0) is 20.4. The number of likely N-dealkylation sites (N-methyl/N-ethyl adjacent to an activating group) is 1. The highest BCUT2D eigenvalue weighted by molar-refractivity contribution is 6.31.